The van der Waals surface area contributed by atoms with E-state index in [0.717, 1.165) is 38.3 Å². The van der Waals surface area contributed by atoms with E-state index in [1.807, 2.05) is 0 Å². The number of carbonyl (C=O) groups is 1. The third-order valence-corrected chi connectivity index (χ3v) is 4.16. The molecule has 96 valence electrons. The Morgan fingerprint density at radius 2 is 2.12 bits per heavy atom. The van der Waals surface area contributed by atoms with Crippen LogP contribution in [0, 0.1) is 5.92 Å². The standard InChI is InChI=1S/C13H22N2O2/c16-12-8-10(2-1-6-14-12)15-11-5-7-17-13(11)9-3-4-9/h9-11,13,15H,1-8H2,(H,14,16). The highest BCUT2D eigenvalue weighted by Crippen LogP contribution is 2.39. The van der Waals surface area contributed by atoms with Crippen molar-refractivity contribution in [1.29, 1.82) is 0 Å². The Morgan fingerprint density at radius 3 is 2.94 bits per heavy atom. The van der Waals surface area contributed by atoms with Gasteiger partial charge in [-0.2, -0.15) is 0 Å². The SMILES string of the molecule is O=C1CC(NC2CCOC2C2CC2)CCCN1. The number of rotatable bonds is 3. The van der Waals surface area contributed by atoms with Gasteiger partial charge in [-0.3, -0.25) is 4.79 Å². The van der Waals surface area contributed by atoms with Gasteiger partial charge in [-0.15, -0.1) is 0 Å². The molecule has 1 amide bonds. The monoisotopic (exact) mass is 238 g/mol. The van der Waals surface area contributed by atoms with Crippen molar-refractivity contribution in [3.05, 3.63) is 0 Å². The molecule has 2 aliphatic heterocycles. The van der Waals surface area contributed by atoms with Gasteiger partial charge in [0.05, 0.1) is 6.10 Å². The highest BCUT2D eigenvalue weighted by atomic mass is 16.5. The van der Waals surface area contributed by atoms with E-state index in [1.54, 1.807) is 0 Å². The summed E-state index contributed by atoms with van der Waals surface area (Å²) in [5.74, 6) is 0.983. The molecule has 3 fully saturated rings. The van der Waals surface area contributed by atoms with E-state index in [9.17, 15) is 4.79 Å². The van der Waals surface area contributed by atoms with Gasteiger partial charge in [0.2, 0.25) is 5.91 Å². The summed E-state index contributed by atoms with van der Waals surface area (Å²) in [5.41, 5.74) is 0. The van der Waals surface area contributed by atoms with Crippen molar-refractivity contribution in [2.45, 2.75) is 56.7 Å². The Bertz CT molecular complexity index is 291. The van der Waals surface area contributed by atoms with E-state index >= 15 is 0 Å². The summed E-state index contributed by atoms with van der Waals surface area (Å²) in [4.78, 5) is 11.5. The molecule has 4 nitrogen and oxygen atoms in total. The quantitative estimate of drug-likeness (QED) is 0.765. The maximum Gasteiger partial charge on any atom is 0.221 e. The fourth-order valence-electron chi connectivity index (χ4n) is 3.10. The smallest absolute Gasteiger partial charge is 0.221 e. The average molecular weight is 238 g/mol. The predicted octanol–water partition coefficient (Wildman–Crippen LogP) is 0.812. The lowest BCUT2D eigenvalue weighted by atomic mass is 10.0. The van der Waals surface area contributed by atoms with Crippen molar-refractivity contribution in [2.24, 2.45) is 5.92 Å². The Labute approximate surface area is 102 Å². The first-order chi connectivity index (χ1) is 8.33. The van der Waals surface area contributed by atoms with Crippen molar-refractivity contribution < 1.29 is 9.53 Å². The number of ether oxygens (including phenoxy) is 1. The van der Waals surface area contributed by atoms with E-state index in [4.69, 9.17) is 4.74 Å². The van der Waals surface area contributed by atoms with Crippen LogP contribution in [0.3, 0.4) is 0 Å². The van der Waals surface area contributed by atoms with Gasteiger partial charge in [-0.1, -0.05) is 0 Å². The molecule has 1 saturated carbocycles. The lowest BCUT2D eigenvalue weighted by Gasteiger charge is -2.24. The molecule has 3 rings (SSSR count). The van der Waals surface area contributed by atoms with Crippen LogP contribution >= 0.6 is 0 Å². The number of hydrogen-bond acceptors (Lipinski definition) is 3. The van der Waals surface area contributed by atoms with Crippen molar-refractivity contribution >= 4 is 5.91 Å². The molecule has 0 radical (unpaired) electrons. The van der Waals surface area contributed by atoms with Gasteiger partial charge in [-0.25, -0.2) is 0 Å². The van der Waals surface area contributed by atoms with Gasteiger partial charge >= 0.3 is 0 Å². The second-order valence-corrected chi connectivity index (χ2v) is 5.63. The van der Waals surface area contributed by atoms with Crippen LogP contribution in [0.2, 0.25) is 0 Å². The van der Waals surface area contributed by atoms with E-state index in [0.29, 0.717) is 24.6 Å². The maximum absolute atomic E-state index is 11.5. The van der Waals surface area contributed by atoms with Crippen LogP contribution in [0.1, 0.15) is 38.5 Å². The van der Waals surface area contributed by atoms with E-state index < -0.39 is 0 Å². The van der Waals surface area contributed by atoms with Gasteiger partial charge in [-0.05, 0) is 38.0 Å². The zero-order valence-corrected chi connectivity index (χ0v) is 10.3. The van der Waals surface area contributed by atoms with Gasteiger partial charge < -0.3 is 15.4 Å². The van der Waals surface area contributed by atoms with Crippen LogP contribution in [0.4, 0.5) is 0 Å². The number of amides is 1. The molecule has 0 aromatic carbocycles. The van der Waals surface area contributed by atoms with Crippen LogP contribution in [0.5, 0.6) is 0 Å². The average Bonchev–Trinajstić information content (AvgIpc) is 3.08. The minimum absolute atomic E-state index is 0.196. The van der Waals surface area contributed by atoms with E-state index in [2.05, 4.69) is 10.6 Å². The lowest BCUT2D eigenvalue weighted by molar-refractivity contribution is -0.121. The van der Waals surface area contributed by atoms with Crippen LogP contribution < -0.4 is 10.6 Å². The number of hydrogen-bond donors (Lipinski definition) is 2. The molecule has 2 saturated heterocycles. The Hall–Kier alpha value is -0.610. The summed E-state index contributed by atoms with van der Waals surface area (Å²) in [7, 11) is 0. The molecule has 3 aliphatic rings. The lowest BCUT2D eigenvalue weighted by Crippen LogP contribution is -2.44. The summed E-state index contributed by atoms with van der Waals surface area (Å²) in [6.07, 6.45) is 7.01. The van der Waals surface area contributed by atoms with E-state index in [1.165, 1.54) is 12.8 Å². The molecular formula is C13H22N2O2. The summed E-state index contributed by atoms with van der Waals surface area (Å²) in [5, 5.41) is 6.61. The fourth-order valence-corrected chi connectivity index (χ4v) is 3.10. The first-order valence-corrected chi connectivity index (χ1v) is 6.97. The van der Waals surface area contributed by atoms with Crippen molar-refractivity contribution in [3.8, 4) is 0 Å². The molecule has 2 heterocycles. The minimum atomic E-state index is 0.196. The van der Waals surface area contributed by atoms with Gasteiger partial charge in [0.1, 0.15) is 0 Å². The zero-order valence-electron chi connectivity index (χ0n) is 10.3. The molecule has 3 unspecified atom stereocenters. The molecule has 0 bridgehead atoms. The Kier molecular flexibility index (Phi) is 3.34. The number of carbonyl (C=O) groups excluding carboxylic acids is 1. The largest absolute Gasteiger partial charge is 0.376 e. The summed E-state index contributed by atoms with van der Waals surface area (Å²) in [6.45, 7) is 1.72. The first kappa shape index (κ1) is 11.5. The number of nitrogens with one attached hydrogen (secondary N) is 2. The normalized spacial score (nSPS) is 38.8. The molecule has 4 heteroatoms. The molecule has 0 aromatic heterocycles. The summed E-state index contributed by atoms with van der Waals surface area (Å²) < 4.78 is 5.83. The highest BCUT2D eigenvalue weighted by Gasteiger charge is 2.41. The van der Waals surface area contributed by atoms with Gasteiger partial charge in [0, 0.05) is 31.7 Å². The molecule has 3 atom stereocenters. The molecule has 1 aliphatic carbocycles. The van der Waals surface area contributed by atoms with Gasteiger partial charge in [0.25, 0.3) is 0 Å². The molecular weight excluding hydrogens is 216 g/mol. The topological polar surface area (TPSA) is 50.4 Å². The first-order valence-electron chi connectivity index (χ1n) is 6.97. The Balaban J connectivity index is 1.55. The molecule has 0 spiro atoms. The van der Waals surface area contributed by atoms with Crippen molar-refractivity contribution in [2.75, 3.05) is 13.2 Å². The van der Waals surface area contributed by atoms with Crippen molar-refractivity contribution in [1.82, 2.24) is 10.6 Å². The van der Waals surface area contributed by atoms with Crippen LogP contribution in [0.15, 0.2) is 0 Å². The van der Waals surface area contributed by atoms with Gasteiger partial charge in [0.15, 0.2) is 0 Å². The van der Waals surface area contributed by atoms with Crippen LogP contribution in [0.25, 0.3) is 0 Å². The predicted molar refractivity (Wildman–Crippen MR) is 64.7 cm³/mol. The minimum Gasteiger partial charge on any atom is -0.376 e. The van der Waals surface area contributed by atoms with Crippen LogP contribution in [-0.2, 0) is 9.53 Å². The highest BCUT2D eigenvalue weighted by molar-refractivity contribution is 5.76. The fraction of sp³-hybridized carbons (Fsp3) is 0.923. The third kappa shape index (κ3) is 2.80. The second-order valence-electron chi connectivity index (χ2n) is 5.63. The summed E-state index contributed by atoms with van der Waals surface area (Å²) in [6, 6.07) is 0.837. The van der Waals surface area contributed by atoms with Crippen LogP contribution in [-0.4, -0.2) is 37.2 Å². The molecule has 17 heavy (non-hydrogen) atoms. The van der Waals surface area contributed by atoms with Crippen molar-refractivity contribution in [3.63, 3.8) is 0 Å². The third-order valence-electron chi connectivity index (χ3n) is 4.16. The maximum atomic E-state index is 11.5. The Morgan fingerprint density at radius 1 is 1.24 bits per heavy atom. The summed E-state index contributed by atoms with van der Waals surface area (Å²) >= 11 is 0. The van der Waals surface area contributed by atoms with E-state index in [-0.39, 0.29) is 5.91 Å². The second kappa shape index (κ2) is 4.94. The molecule has 0 aromatic rings. The molecule has 2 N–H and O–H groups in total. The zero-order chi connectivity index (χ0) is 11.7.